The fourth-order valence-electron chi connectivity index (χ4n) is 2.38. The Labute approximate surface area is 112 Å². The van der Waals surface area contributed by atoms with Crippen LogP contribution in [0.15, 0.2) is 53.6 Å². The second kappa shape index (κ2) is 4.16. The Balaban J connectivity index is 2.02. The summed E-state index contributed by atoms with van der Waals surface area (Å²) in [5, 5.41) is 0. The Bertz CT molecular complexity index is 612. The summed E-state index contributed by atoms with van der Waals surface area (Å²) in [6.45, 7) is 4.05. The van der Waals surface area contributed by atoms with Crippen molar-refractivity contribution in [3.8, 4) is 5.88 Å². The zero-order chi connectivity index (χ0) is 13.5. The number of anilines is 1. The largest absolute Gasteiger partial charge is 0.490 e. The number of ether oxygens (including phenoxy) is 2. The SMILES string of the molecule is CC1(C)OC=C2CC=CC(Oc3ncccc3N)=C21. The average Bonchev–Trinajstić information content (AvgIpc) is 2.69. The predicted octanol–water partition coefficient (Wildman–Crippen LogP) is 2.95. The first-order valence-corrected chi connectivity index (χ1v) is 6.25. The number of fused-ring (bicyclic) bond motifs is 1. The molecule has 0 unspecified atom stereocenters. The molecule has 98 valence electrons. The molecule has 1 aliphatic carbocycles. The topological polar surface area (TPSA) is 57.4 Å². The van der Waals surface area contributed by atoms with E-state index in [1.165, 1.54) is 0 Å². The van der Waals surface area contributed by atoms with Crippen LogP contribution < -0.4 is 10.5 Å². The van der Waals surface area contributed by atoms with Crippen molar-refractivity contribution in [1.29, 1.82) is 0 Å². The number of allylic oxidation sites excluding steroid dienone is 2. The Morgan fingerprint density at radius 2 is 2.26 bits per heavy atom. The number of nitrogens with zero attached hydrogens (tertiary/aromatic N) is 1. The monoisotopic (exact) mass is 256 g/mol. The molecule has 0 aromatic carbocycles. The summed E-state index contributed by atoms with van der Waals surface area (Å²) >= 11 is 0. The van der Waals surface area contributed by atoms with E-state index in [4.69, 9.17) is 15.2 Å². The third kappa shape index (κ3) is 1.99. The molecule has 2 heterocycles. The summed E-state index contributed by atoms with van der Waals surface area (Å²) in [5.74, 6) is 1.18. The molecule has 4 heteroatoms. The predicted molar refractivity (Wildman–Crippen MR) is 73.3 cm³/mol. The number of nitrogens with two attached hydrogens (primary N) is 1. The van der Waals surface area contributed by atoms with Crippen LogP contribution >= 0.6 is 0 Å². The van der Waals surface area contributed by atoms with Gasteiger partial charge in [-0.1, -0.05) is 6.08 Å². The maximum absolute atomic E-state index is 5.87. The van der Waals surface area contributed by atoms with E-state index in [-0.39, 0.29) is 5.60 Å². The molecule has 19 heavy (non-hydrogen) atoms. The fraction of sp³-hybridized carbons (Fsp3) is 0.267. The van der Waals surface area contributed by atoms with Crippen LogP contribution in [0.2, 0.25) is 0 Å². The summed E-state index contributed by atoms with van der Waals surface area (Å²) in [5.41, 5.74) is 8.23. The molecule has 1 aromatic rings. The van der Waals surface area contributed by atoms with Crippen molar-refractivity contribution >= 4 is 5.69 Å². The molecule has 2 aliphatic rings. The van der Waals surface area contributed by atoms with E-state index in [0.29, 0.717) is 11.6 Å². The van der Waals surface area contributed by atoms with Gasteiger partial charge in [-0.3, -0.25) is 0 Å². The number of aromatic nitrogens is 1. The van der Waals surface area contributed by atoms with Crippen molar-refractivity contribution in [3.05, 3.63) is 53.6 Å². The van der Waals surface area contributed by atoms with E-state index in [1.54, 1.807) is 18.3 Å². The van der Waals surface area contributed by atoms with Gasteiger partial charge in [0, 0.05) is 17.3 Å². The highest BCUT2D eigenvalue weighted by molar-refractivity contribution is 5.53. The van der Waals surface area contributed by atoms with E-state index in [9.17, 15) is 0 Å². The first-order valence-electron chi connectivity index (χ1n) is 6.25. The molecule has 0 amide bonds. The van der Waals surface area contributed by atoms with Gasteiger partial charge in [0.05, 0.1) is 11.9 Å². The summed E-state index contributed by atoms with van der Waals surface area (Å²) in [7, 11) is 0. The van der Waals surface area contributed by atoms with Gasteiger partial charge >= 0.3 is 0 Å². The lowest BCUT2D eigenvalue weighted by molar-refractivity contribution is 0.110. The van der Waals surface area contributed by atoms with Gasteiger partial charge in [-0.2, -0.15) is 0 Å². The molecule has 3 rings (SSSR count). The molecule has 4 nitrogen and oxygen atoms in total. The number of hydrogen-bond acceptors (Lipinski definition) is 4. The summed E-state index contributed by atoms with van der Waals surface area (Å²) in [4.78, 5) is 4.16. The third-order valence-corrected chi connectivity index (χ3v) is 3.28. The van der Waals surface area contributed by atoms with E-state index < -0.39 is 0 Å². The van der Waals surface area contributed by atoms with Crippen LogP contribution in [0.4, 0.5) is 5.69 Å². The van der Waals surface area contributed by atoms with Crippen LogP contribution in [0, 0.1) is 0 Å². The molecular weight excluding hydrogens is 240 g/mol. The molecule has 0 saturated heterocycles. The van der Waals surface area contributed by atoms with Crippen LogP contribution in [0.1, 0.15) is 20.3 Å². The third-order valence-electron chi connectivity index (χ3n) is 3.28. The number of hydrogen-bond donors (Lipinski definition) is 1. The minimum atomic E-state index is -0.376. The van der Waals surface area contributed by atoms with Gasteiger partial charge < -0.3 is 15.2 Å². The molecule has 1 aromatic heterocycles. The first kappa shape index (κ1) is 11.8. The molecular formula is C15H16N2O2. The fourth-order valence-corrected chi connectivity index (χ4v) is 2.38. The molecule has 0 radical (unpaired) electrons. The second-order valence-corrected chi connectivity index (χ2v) is 5.12. The Hall–Kier alpha value is -2.23. The van der Waals surface area contributed by atoms with Crippen molar-refractivity contribution in [2.45, 2.75) is 25.9 Å². The van der Waals surface area contributed by atoms with E-state index >= 15 is 0 Å². The Kier molecular flexibility index (Phi) is 2.59. The van der Waals surface area contributed by atoms with Gasteiger partial charge in [0.1, 0.15) is 11.4 Å². The Morgan fingerprint density at radius 1 is 1.42 bits per heavy atom. The van der Waals surface area contributed by atoms with Crippen molar-refractivity contribution in [3.63, 3.8) is 0 Å². The summed E-state index contributed by atoms with van der Waals surface area (Å²) in [6, 6.07) is 3.55. The lowest BCUT2D eigenvalue weighted by Gasteiger charge is -2.25. The molecule has 0 fully saturated rings. The summed E-state index contributed by atoms with van der Waals surface area (Å²) in [6.07, 6.45) is 8.34. The van der Waals surface area contributed by atoms with E-state index in [0.717, 1.165) is 23.3 Å². The zero-order valence-corrected chi connectivity index (χ0v) is 11.0. The van der Waals surface area contributed by atoms with Gasteiger partial charge in [-0.25, -0.2) is 4.98 Å². The van der Waals surface area contributed by atoms with E-state index in [2.05, 4.69) is 11.1 Å². The van der Waals surface area contributed by atoms with Crippen LogP contribution in [-0.4, -0.2) is 10.6 Å². The molecule has 0 saturated carbocycles. The quantitative estimate of drug-likeness (QED) is 0.883. The van der Waals surface area contributed by atoms with Crippen molar-refractivity contribution < 1.29 is 9.47 Å². The van der Waals surface area contributed by atoms with Crippen molar-refractivity contribution in [2.24, 2.45) is 0 Å². The van der Waals surface area contributed by atoms with Crippen LogP contribution in [0.25, 0.3) is 0 Å². The average molecular weight is 256 g/mol. The maximum Gasteiger partial charge on any atom is 0.242 e. The highest BCUT2D eigenvalue weighted by Gasteiger charge is 2.37. The number of rotatable bonds is 2. The highest BCUT2D eigenvalue weighted by Crippen LogP contribution is 2.41. The van der Waals surface area contributed by atoms with Gasteiger partial charge in [-0.15, -0.1) is 0 Å². The van der Waals surface area contributed by atoms with Crippen molar-refractivity contribution in [2.75, 3.05) is 5.73 Å². The zero-order valence-electron chi connectivity index (χ0n) is 11.0. The molecule has 1 aliphatic heterocycles. The minimum absolute atomic E-state index is 0.376. The van der Waals surface area contributed by atoms with Crippen molar-refractivity contribution in [1.82, 2.24) is 4.98 Å². The Morgan fingerprint density at radius 3 is 3.05 bits per heavy atom. The normalized spacial score (nSPS) is 19.8. The lowest BCUT2D eigenvalue weighted by Crippen LogP contribution is -2.24. The van der Waals surface area contributed by atoms with Crippen LogP contribution in [0.3, 0.4) is 0 Å². The number of nitrogen functional groups attached to an aromatic ring is 1. The lowest BCUT2D eigenvalue weighted by atomic mass is 9.88. The molecule has 2 N–H and O–H groups in total. The van der Waals surface area contributed by atoms with E-state index in [1.807, 2.05) is 26.2 Å². The minimum Gasteiger partial charge on any atom is -0.490 e. The molecule has 0 atom stereocenters. The van der Waals surface area contributed by atoms with Gasteiger partial charge in [0.15, 0.2) is 0 Å². The maximum atomic E-state index is 5.87. The number of pyridine rings is 1. The van der Waals surface area contributed by atoms with Gasteiger partial charge in [0.2, 0.25) is 5.88 Å². The first-order chi connectivity index (χ1) is 9.08. The smallest absolute Gasteiger partial charge is 0.242 e. The van der Waals surface area contributed by atoms with Crippen LogP contribution in [0.5, 0.6) is 5.88 Å². The van der Waals surface area contributed by atoms with Crippen LogP contribution in [-0.2, 0) is 4.74 Å². The summed E-state index contributed by atoms with van der Waals surface area (Å²) < 4.78 is 11.6. The highest BCUT2D eigenvalue weighted by atomic mass is 16.5. The standard InChI is InChI=1S/C15H16N2O2/c1-15(2)13-10(9-18-15)5-3-7-12(13)19-14-11(16)6-4-8-17-14/h3-4,6-9H,5,16H2,1-2H3. The molecule has 0 spiro atoms. The van der Waals surface area contributed by atoms with Gasteiger partial charge in [-0.05, 0) is 38.5 Å². The second-order valence-electron chi connectivity index (χ2n) is 5.12. The molecule has 0 bridgehead atoms. The van der Waals surface area contributed by atoms with Gasteiger partial charge in [0.25, 0.3) is 0 Å².